The van der Waals surface area contributed by atoms with Crippen molar-refractivity contribution in [1.82, 2.24) is 14.5 Å². The average Bonchev–Trinajstić information content (AvgIpc) is 3.38. The Balaban J connectivity index is 0.00000289. The number of aromatic hydroxyl groups is 1. The van der Waals surface area contributed by atoms with Gasteiger partial charge in [0.25, 0.3) is 5.91 Å². The van der Waals surface area contributed by atoms with Crippen molar-refractivity contribution in [2.45, 2.75) is 19.7 Å². The van der Waals surface area contributed by atoms with E-state index in [0.29, 0.717) is 35.5 Å². The molecule has 0 radical (unpaired) electrons. The first-order valence-corrected chi connectivity index (χ1v) is 11.9. The summed E-state index contributed by atoms with van der Waals surface area (Å²) in [5.41, 5.74) is 1.46. The number of carbonyl (C=O) groups excluding carboxylic acids is 1. The molecule has 3 heterocycles. The zero-order chi connectivity index (χ0) is 23.7. The third-order valence-corrected chi connectivity index (χ3v) is 6.69. The molecule has 4 aromatic rings. The average molecular weight is 530 g/mol. The lowest BCUT2D eigenvalue weighted by Gasteiger charge is -2.31. The second-order valence-electron chi connectivity index (χ2n) is 7.85. The molecule has 0 fully saturated rings. The molecular formula is C25H21Cl2N3O4S. The van der Waals surface area contributed by atoms with Gasteiger partial charge in [0.15, 0.2) is 11.4 Å². The van der Waals surface area contributed by atoms with Crippen LogP contribution in [0, 0.1) is 0 Å². The number of carbonyl (C=O) groups is 1. The highest BCUT2D eigenvalue weighted by Gasteiger charge is 2.30. The molecule has 10 heteroatoms. The van der Waals surface area contributed by atoms with Crippen LogP contribution >= 0.6 is 35.3 Å². The number of thiazole rings is 1. The maximum Gasteiger partial charge on any atom is 0.274 e. The molecule has 5 rings (SSSR count). The lowest BCUT2D eigenvalue weighted by atomic mass is 10.1. The van der Waals surface area contributed by atoms with E-state index >= 15 is 0 Å². The van der Waals surface area contributed by atoms with Crippen molar-refractivity contribution in [3.8, 4) is 22.1 Å². The summed E-state index contributed by atoms with van der Waals surface area (Å²) in [5, 5.41) is 13.4. The van der Waals surface area contributed by atoms with Crippen molar-refractivity contribution >= 4 is 41.3 Å². The van der Waals surface area contributed by atoms with Crippen molar-refractivity contribution in [2.24, 2.45) is 0 Å². The van der Waals surface area contributed by atoms with Crippen molar-refractivity contribution in [3.63, 3.8) is 0 Å². The smallest absolute Gasteiger partial charge is 0.274 e. The highest BCUT2D eigenvalue weighted by atomic mass is 35.5. The molecule has 0 unspecified atom stereocenters. The van der Waals surface area contributed by atoms with Crippen LogP contribution in [0.4, 0.5) is 0 Å². The maximum atomic E-state index is 13.3. The number of hydrogen-bond acceptors (Lipinski definition) is 6. The van der Waals surface area contributed by atoms with E-state index in [1.165, 1.54) is 11.3 Å². The number of benzene rings is 2. The molecule has 0 atom stereocenters. The number of fused-ring (bicyclic) bond motifs is 1. The number of pyridine rings is 1. The van der Waals surface area contributed by atoms with Crippen LogP contribution in [0.5, 0.6) is 11.5 Å². The minimum atomic E-state index is -0.602. The van der Waals surface area contributed by atoms with Gasteiger partial charge in [0.2, 0.25) is 5.43 Å². The summed E-state index contributed by atoms with van der Waals surface area (Å²) in [6.07, 6.45) is 3.19. The van der Waals surface area contributed by atoms with Gasteiger partial charge in [-0.25, -0.2) is 4.98 Å². The van der Waals surface area contributed by atoms with E-state index in [4.69, 9.17) is 16.3 Å². The van der Waals surface area contributed by atoms with E-state index in [1.807, 2.05) is 36.4 Å². The van der Waals surface area contributed by atoms with Crippen LogP contribution in [-0.4, -0.2) is 32.0 Å². The molecule has 1 aliphatic heterocycles. The molecule has 180 valence electrons. The summed E-state index contributed by atoms with van der Waals surface area (Å²) in [4.78, 5) is 31.8. The van der Waals surface area contributed by atoms with Crippen LogP contribution in [0.1, 0.15) is 21.6 Å². The summed E-state index contributed by atoms with van der Waals surface area (Å²) in [6, 6.07) is 15.1. The summed E-state index contributed by atoms with van der Waals surface area (Å²) in [5.74, 6) is -0.398. The molecule has 1 N–H and O–H groups in total. The van der Waals surface area contributed by atoms with Gasteiger partial charge in [-0.2, -0.15) is 0 Å². The van der Waals surface area contributed by atoms with E-state index in [9.17, 15) is 14.7 Å². The fraction of sp³-hybridized carbons (Fsp3) is 0.160. The standard InChI is InChI=1S/C25H20ClN3O4S.ClH/c26-18-7-6-17(20(12-18)33-15-16-4-2-1-3-5-16)13-29-10-9-28-14-19(24-27-8-11-34-24)22(30)23(31)21(28)25(29)32;/h1-8,11-12,14,31H,9-10,13,15H2;1H. The topological polar surface area (TPSA) is 84.7 Å². The molecule has 0 bridgehead atoms. The van der Waals surface area contributed by atoms with E-state index < -0.39 is 17.1 Å². The molecule has 2 aromatic heterocycles. The first-order chi connectivity index (χ1) is 16.5. The monoisotopic (exact) mass is 529 g/mol. The van der Waals surface area contributed by atoms with Crippen LogP contribution in [0.25, 0.3) is 10.6 Å². The fourth-order valence-electron chi connectivity index (χ4n) is 3.92. The Morgan fingerprint density at radius 3 is 2.66 bits per heavy atom. The summed E-state index contributed by atoms with van der Waals surface area (Å²) >= 11 is 7.50. The Morgan fingerprint density at radius 1 is 1.11 bits per heavy atom. The van der Waals surface area contributed by atoms with Gasteiger partial charge in [-0.05, 0) is 17.7 Å². The van der Waals surface area contributed by atoms with Crippen LogP contribution in [0.2, 0.25) is 5.02 Å². The Kier molecular flexibility index (Phi) is 7.45. The summed E-state index contributed by atoms with van der Waals surface area (Å²) < 4.78 is 7.64. The molecule has 2 aromatic carbocycles. The zero-order valence-electron chi connectivity index (χ0n) is 18.4. The third-order valence-electron chi connectivity index (χ3n) is 5.65. The van der Waals surface area contributed by atoms with Crippen LogP contribution in [-0.2, 0) is 19.7 Å². The first-order valence-electron chi connectivity index (χ1n) is 10.6. The van der Waals surface area contributed by atoms with E-state index in [1.54, 1.807) is 39.4 Å². The number of amides is 1. The molecule has 35 heavy (non-hydrogen) atoms. The second-order valence-corrected chi connectivity index (χ2v) is 9.18. The van der Waals surface area contributed by atoms with E-state index in [2.05, 4.69) is 4.98 Å². The van der Waals surface area contributed by atoms with Gasteiger partial charge >= 0.3 is 0 Å². The number of hydrogen-bond donors (Lipinski definition) is 1. The minimum Gasteiger partial charge on any atom is -0.503 e. The van der Waals surface area contributed by atoms with Gasteiger partial charge in [0.1, 0.15) is 17.4 Å². The first kappa shape index (κ1) is 24.8. The lowest BCUT2D eigenvalue weighted by molar-refractivity contribution is 0.0681. The molecular weight excluding hydrogens is 509 g/mol. The Bertz CT molecular complexity index is 1410. The van der Waals surface area contributed by atoms with E-state index in [-0.39, 0.29) is 30.2 Å². The van der Waals surface area contributed by atoms with Gasteiger partial charge in [0, 0.05) is 48.0 Å². The molecule has 1 aliphatic rings. The number of aromatic nitrogens is 2. The number of rotatable bonds is 6. The Morgan fingerprint density at radius 2 is 1.91 bits per heavy atom. The highest BCUT2D eigenvalue weighted by Crippen LogP contribution is 2.29. The normalized spacial score (nSPS) is 12.7. The molecule has 0 saturated carbocycles. The SMILES string of the molecule is Cl.O=C1c2c(O)c(=O)c(-c3nccs3)cn2CCN1Cc1ccc(Cl)cc1OCc1ccccc1. The molecule has 0 aliphatic carbocycles. The quantitative estimate of drug-likeness (QED) is 0.380. The Hall–Kier alpha value is -3.33. The van der Waals surface area contributed by atoms with Crippen LogP contribution in [0.3, 0.4) is 0 Å². The predicted octanol–water partition coefficient (Wildman–Crippen LogP) is 4.99. The fourth-order valence-corrected chi connectivity index (χ4v) is 4.73. The van der Waals surface area contributed by atoms with Crippen molar-refractivity contribution in [1.29, 1.82) is 0 Å². The largest absolute Gasteiger partial charge is 0.503 e. The van der Waals surface area contributed by atoms with E-state index in [0.717, 1.165) is 11.1 Å². The lowest BCUT2D eigenvalue weighted by Crippen LogP contribution is -2.41. The third kappa shape index (κ3) is 5.05. The summed E-state index contributed by atoms with van der Waals surface area (Å²) in [7, 11) is 0. The van der Waals surface area contributed by atoms with Crippen molar-refractivity contribution in [3.05, 3.63) is 98.4 Å². The molecule has 7 nitrogen and oxygen atoms in total. The highest BCUT2D eigenvalue weighted by molar-refractivity contribution is 7.13. The molecule has 0 spiro atoms. The van der Waals surface area contributed by atoms with Gasteiger partial charge in [-0.3, -0.25) is 9.59 Å². The molecule has 0 saturated heterocycles. The van der Waals surface area contributed by atoms with Gasteiger partial charge in [-0.15, -0.1) is 23.7 Å². The second kappa shape index (κ2) is 10.5. The number of ether oxygens (including phenoxy) is 1. The molecule has 1 amide bonds. The number of nitrogens with zero attached hydrogens (tertiary/aromatic N) is 3. The number of halogens is 2. The summed E-state index contributed by atoms with van der Waals surface area (Å²) in [6.45, 7) is 1.45. The van der Waals surface area contributed by atoms with Gasteiger partial charge in [0.05, 0.1) is 5.56 Å². The van der Waals surface area contributed by atoms with Crippen LogP contribution < -0.4 is 10.2 Å². The Labute approximate surface area is 216 Å². The predicted molar refractivity (Wildman–Crippen MR) is 138 cm³/mol. The van der Waals surface area contributed by atoms with Crippen molar-refractivity contribution < 1.29 is 14.6 Å². The zero-order valence-corrected chi connectivity index (χ0v) is 20.8. The van der Waals surface area contributed by atoms with Crippen molar-refractivity contribution in [2.75, 3.05) is 6.54 Å². The van der Waals surface area contributed by atoms with Gasteiger partial charge < -0.3 is 19.3 Å². The minimum absolute atomic E-state index is 0. The van der Waals surface area contributed by atoms with Gasteiger partial charge in [-0.1, -0.05) is 48.0 Å². The van der Waals surface area contributed by atoms with Crippen LogP contribution in [0.15, 0.2) is 71.1 Å². The maximum absolute atomic E-state index is 13.3.